The second kappa shape index (κ2) is 7.93. The summed E-state index contributed by atoms with van der Waals surface area (Å²) in [4.78, 5) is 2.56. The maximum atomic E-state index is 9.31. The van der Waals surface area contributed by atoms with Gasteiger partial charge in [0.15, 0.2) is 0 Å². The smallest absolute Gasteiger partial charge is 0.0681 e. The number of rotatable bonds is 6. The van der Waals surface area contributed by atoms with Gasteiger partial charge in [-0.1, -0.05) is 54.6 Å². The fourth-order valence-corrected chi connectivity index (χ4v) is 3.67. The third-order valence-electron chi connectivity index (χ3n) is 5.05. The van der Waals surface area contributed by atoms with Crippen molar-refractivity contribution < 1.29 is 5.11 Å². The lowest BCUT2D eigenvalue weighted by Gasteiger charge is -2.22. The molecule has 1 heterocycles. The van der Waals surface area contributed by atoms with E-state index in [2.05, 4.69) is 66.5 Å². The van der Waals surface area contributed by atoms with Gasteiger partial charge in [0.1, 0.15) is 0 Å². The van der Waals surface area contributed by atoms with Crippen molar-refractivity contribution >= 4 is 0 Å². The van der Waals surface area contributed by atoms with Crippen LogP contribution in [-0.2, 0) is 13.2 Å². The average Bonchev–Trinajstić information content (AvgIpc) is 2.95. The molecule has 0 bridgehead atoms. The molecule has 1 aliphatic heterocycles. The summed E-state index contributed by atoms with van der Waals surface area (Å²) in [6.45, 7) is 6.74. The summed E-state index contributed by atoms with van der Waals surface area (Å²) in [5, 5.41) is 13.1. The third kappa shape index (κ3) is 4.23. The number of hydrogen-bond acceptors (Lipinski definition) is 3. The van der Waals surface area contributed by atoms with Gasteiger partial charge < -0.3 is 10.4 Å². The summed E-state index contributed by atoms with van der Waals surface area (Å²) < 4.78 is 0. The molecule has 1 fully saturated rings. The Labute approximate surface area is 145 Å². The van der Waals surface area contributed by atoms with Gasteiger partial charge in [-0.05, 0) is 37.0 Å². The molecule has 3 atom stereocenters. The summed E-state index contributed by atoms with van der Waals surface area (Å²) in [5.74, 6) is 0. The number of likely N-dealkylation sites (tertiary alicyclic amines) is 1. The molecule has 2 N–H and O–H groups in total. The van der Waals surface area contributed by atoms with E-state index >= 15 is 0 Å². The van der Waals surface area contributed by atoms with E-state index in [0.29, 0.717) is 18.1 Å². The van der Waals surface area contributed by atoms with Crippen molar-refractivity contribution in [3.63, 3.8) is 0 Å². The van der Waals surface area contributed by atoms with Gasteiger partial charge in [-0.3, -0.25) is 4.90 Å². The van der Waals surface area contributed by atoms with Gasteiger partial charge in [-0.15, -0.1) is 0 Å². The van der Waals surface area contributed by atoms with Gasteiger partial charge in [-0.25, -0.2) is 0 Å². The first-order chi connectivity index (χ1) is 11.7. The highest BCUT2D eigenvalue weighted by Crippen LogP contribution is 2.23. The SMILES string of the molecule is CC(NC1CC(C)N(Cc2ccccc2)C1)c1cccc(CO)c1. The van der Waals surface area contributed by atoms with Gasteiger partial charge in [0.05, 0.1) is 6.61 Å². The van der Waals surface area contributed by atoms with E-state index in [-0.39, 0.29) is 6.61 Å². The molecule has 3 rings (SSSR count). The zero-order valence-electron chi connectivity index (χ0n) is 14.7. The lowest BCUT2D eigenvalue weighted by Crippen LogP contribution is -2.34. The second-order valence-corrected chi connectivity index (χ2v) is 6.99. The topological polar surface area (TPSA) is 35.5 Å². The predicted molar refractivity (Wildman–Crippen MR) is 98.6 cm³/mol. The highest BCUT2D eigenvalue weighted by atomic mass is 16.3. The molecule has 0 spiro atoms. The van der Waals surface area contributed by atoms with Crippen LogP contribution in [0.5, 0.6) is 0 Å². The molecule has 0 radical (unpaired) electrons. The minimum absolute atomic E-state index is 0.103. The zero-order chi connectivity index (χ0) is 16.9. The number of nitrogens with one attached hydrogen (secondary N) is 1. The Hall–Kier alpha value is -1.68. The van der Waals surface area contributed by atoms with Crippen LogP contribution in [0.2, 0.25) is 0 Å². The largest absolute Gasteiger partial charge is 0.392 e. The Morgan fingerprint density at radius 2 is 1.88 bits per heavy atom. The summed E-state index contributed by atoms with van der Waals surface area (Å²) >= 11 is 0. The van der Waals surface area contributed by atoms with E-state index in [9.17, 15) is 5.11 Å². The Balaban J connectivity index is 1.58. The molecule has 128 valence electrons. The van der Waals surface area contributed by atoms with Gasteiger partial charge >= 0.3 is 0 Å². The van der Waals surface area contributed by atoms with Gasteiger partial charge in [0.25, 0.3) is 0 Å². The molecule has 2 aromatic rings. The second-order valence-electron chi connectivity index (χ2n) is 6.99. The van der Waals surface area contributed by atoms with Crippen LogP contribution >= 0.6 is 0 Å². The van der Waals surface area contributed by atoms with E-state index in [1.165, 1.54) is 17.5 Å². The Kier molecular flexibility index (Phi) is 5.67. The van der Waals surface area contributed by atoms with Crippen molar-refractivity contribution in [2.75, 3.05) is 6.54 Å². The number of nitrogens with zero attached hydrogens (tertiary/aromatic N) is 1. The lowest BCUT2D eigenvalue weighted by atomic mass is 10.0. The molecule has 0 amide bonds. The molecule has 0 aliphatic carbocycles. The first-order valence-electron chi connectivity index (χ1n) is 8.89. The summed E-state index contributed by atoms with van der Waals surface area (Å²) in [6, 6.07) is 20.3. The first kappa shape index (κ1) is 17.2. The molecule has 0 saturated carbocycles. The highest BCUT2D eigenvalue weighted by molar-refractivity contribution is 5.25. The van der Waals surface area contributed by atoms with Crippen LogP contribution in [0.3, 0.4) is 0 Å². The Bertz CT molecular complexity index is 643. The fourth-order valence-electron chi connectivity index (χ4n) is 3.67. The van der Waals surface area contributed by atoms with Crippen LogP contribution in [0.25, 0.3) is 0 Å². The molecule has 3 heteroatoms. The van der Waals surface area contributed by atoms with Crippen LogP contribution in [0.4, 0.5) is 0 Å². The lowest BCUT2D eigenvalue weighted by molar-refractivity contribution is 0.256. The van der Waals surface area contributed by atoms with Gasteiger partial charge in [-0.2, -0.15) is 0 Å². The number of benzene rings is 2. The van der Waals surface area contributed by atoms with E-state index in [0.717, 1.165) is 18.7 Å². The Morgan fingerprint density at radius 1 is 1.12 bits per heavy atom. The predicted octanol–water partition coefficient (Wildman–Crippen LogP) is 3.49. The zero-order valence-corrected chi connectivity index (χ0v) is 14.7. The normalized spacial score (nSPS) is 22.6. The Morgan fingerprint density at radius 3 is 2.62 bits per heavy atom. The summed E-state index contributed by atoms with van der Waals surface area (Å²) in [7, 11) is 0. The average molecular weight is 324 g/mol. The van der Waals surface area contributed by atoms with Crippen LogP contribution in [0, 0.1) is 0 Å². The number of aliphatic hydroxyl groups excluding tert-OH is 1. The minimum atomic E-state index is 0.103. The highest BCUT2D eigenvalue weighted by Gasteiger charge is 2.29. The molecule has 1 saturated heterocycles. The molecular weight excluding hydrogens is 296 g/mol. The molecule has 3 nitrogen and oxygen atoms in total. The molecule has 2 aromatic carbocycles. The van der Waals surface area contributed by atoms with Crippen molar-refractivity contribution in [1.29, 1.82) is 0 Å². The van der Waals surface area contributed by atoms with Crippen LogP contribution in [0.15, 0.2) is 54.6 Å². The van der Waals surface area contributed by atoms with Crippen molar-refractivity contribution in [3.8, 4) is 0 Å². The van der Waals surface area contributed by atoms with Gasteiger partial charge in [0, 0.05) is 31.2 Å². The fraction of sp³-hybridized carbons (Fsp3) is 0.429. The molecule has 1 aliphatic rings. The standard InChI is InChI=1S/C21H28N2O/c1-16-11-21(14-23(16)13-18-7-4-3-5-8-18)22-17(2)20-10-6-9-19(12-20)15-24/h3-10,12,16-17,21-22,24H,11,13-15H2,1-2H3. The molecular formula is C21H28N2O. The molecule has 24 heavy (non-hydrogen) atoms. The van der Waals surface area contributed by atoms with Crippen LogP contribution in [0.1, 0.15) is 43.0 Å². The van der Waals surface area contributed by atoms with Crippen LogP contribution in [-0.4, -0.2) is 28.6 Å². The maximum Gasteiger partial charge on any atom is 0.0681 e. The van der Waals surface area contributed by atoms with E-state index in [1.54, 1.807) is 0 Å². The van der Waals surface area contributed by atoms with Gasteiger partial charge in [0.2, 0.25) is 0 Å². The van der Waals surface area contributed by atoms with Crippen molar-refractivity contribution in [2.24, 2.45) is 0 Å². The monoisotopic (exact) mass is 324 g/mol. The molecule has 3 unspecified atom stereocenters. The van der Waals surface area contributed by atoms with Crippen molar-refractivity contribution in [3.05, 3.63) is 71.3 Å². The third-order valence-corrected chi connectivity index (χ3v) is 5.05. The minimum Gasteiger partial charge on any atom is -0.392 e. The number of hydrogen-bond donors (Lipinski definition) is 2. The first-order valence-corrected chi connectivity index (χ1v) is 8.89. The number of aliphatic hydroxyl groups is 1. The maximum absolute atomic E-state index is 9.31. The van der Waals surface area contributed by atoms with E-state index < -0.39 is 0 Å². The van der Waals surface area contributed by atoms with Crippen LogP contribution < -0.4 is 5.32 Å². The van der Waals surface area contributed by atoms with E-state index in [1.807, 2.05) is 12.1 Å². The van der Waals surface area contributed by atoms with Crippen molar-refractivity contribution in [1.82, 2.24) is 10.2 Å². The van der Waals surface area contributed by atoms with E-state index in [4.69, 9.17) is 0 Å². The molecule has 0 aromatic heterocycles. The quantitative estimate of drug-likeness (QED) is 0.854. The summed E-state index contributed by atoms with van der Waals surface area (Å²) in [6.07, 6.45) is 1.18. The summed E-state index contributed by atoms with van der Waals surface area (Å²) in [5.41, 5.74) is 3.61. The van der Waals surface area contributed by atoms with Crippen molar-refractivity contribution in [2.45, 2.75) is 51.5 Å².